The fourth-order valence-electron chi connectivity index (χ4n) is 2.12. The van der Waals surface area contributed by atoms with Gasteiger partial charge >= 0.3 is 0 Å². The van der Waals surface area contributed by atoms with Crippen LogP contribution in [0.2, 0.25) is 0 Å². The minimum atomic E-state index is 0.144. The van der Waals surface area contributed by atoms with Crippen LogP contribution in [0.5, 0.6) is 0 Å². The van der Waals surface area contributed by atoms with Gasteiger partial charge in [-0.3, -0.25) is 9.69 Å². The van der Waals surface area contributed by atoms with Gasteiger partial charge in [-0.1, -0.05) is 22.0 Å². The summed E-state index contributed by atoms with van der Waals surface area (Å²) in [7, 11) is 0. The van der Waals surface area contributed by atoms with Crippen LogP contribution in [-0.2, 0) is 4.79 Å². The summed E-state index contributed by atoms with van der Waals surface area (Å²) in [5, 5.41) is 0. The first kappa shape index (κ1) is 13.5. The third-order valence-electron chi connectivity index (χ3n) is 3.21. The van der Waals surface area contributed by atoms with Gasteiger partial charge in [-0.05, 0) is 24.6 Å². The molecule has 0 atom stereocenters. The third kappa shape index (κ3) is 2.91. The molecule has 0 saturated carbocycles. The molecule has 1 amide bonds. The van der Waals surface area contributed by atoms with Gasteiger partial charge in [0.15, 0.2) is 0 Å². The molecule has 18 heavy (non-hydrogen) atoms. The smallest absolute Gasteiger partial charge is 0.241 e. The van der Waals surface area contributed by atoms with E-state index in [-0.39, 0.29) is 5.91 Å². The van der Waals surface area contributed by atoms with Crippen LogP contribution in [0.15, 0.2) is 22.7 Å². The Labute approximate surface area is 116 Å². The van der Waals surface area contributed by atoms with Gasteiger partial charge < -0.3 is 10.6 Å². The highest BCUT2D eigenvalue weighted by atomic mass is 79.9. The lowest BCUT2D eigenvalue weighted by molar-refractivity contribution is -0.121. The maximum atomic E-state index is 12.1. The number of amides is 1. The van der Waals surface area contributed by atoms with E-state index in [0.717, 1.165) is 29.8 Å². The zero-order valence-electron chi connectivity index (χ0n) is 10.5. The molecule has 1 aliphatic rings. The molecular formula is C13H18BrN3O. The van der Waals surface area contributed by atoms with Crippen LogP contribution >= 0.6 is 15.9 Å². The molecule has 1 fully saturated rings. The third-order valence-corrected chi connectivity index (χ3v) is 4.07. The van der Waals surface area contributed by atoms with E-state index in [9.17, 15) is 4.79 Å². The Hall–Kier alpha value is -0.910. The number of carbonyl (C=O) groups excluding carboxylic acids is 1. The highest BCUT2D eigenvalue weighted by molar-refractivity contribution is 9.10. The van der Waals surface area contributed by atoms with Crippen molar-refractivity contribution in [3.05, 3.63) is 28.2 Å². The lowest BCUT2D eigenvalue weighted by Crippen LogP contribution is -2.51. The highest BCUT2D eigenvalue weighted by Crippen LogP contribution is 2.24. The summed E-state index contributed by atoms with van der Waals surface area (Å²) >= 11 is 3.50. The summed E-state index contributed by atoms with van der Waals surface area (Å²) in [5.74, 6) is 0.144. The number of hydrogen-bond acceptors (Lipinski definition) is 3. The minimum Gasteiger partial charge on any atom is -0.329 e. The van der Waals surface area contributed by atoms with E-state index in [1.54, 1.807) is 0 Å². The molecule has 0 unspecified atom stereocenters. The van der Waals surface area contributed by atoms with Crippen LogP contribution in [0.4, 0.5) is 5.69 Å². The predicted octanol–water partition coefficient (Wildman–Crippen LogP) is 1.36. The normalized spacial score (nSPS) is 17.3. The summed E-state index contributed by atoms with van der Waals surface area (Å²) < 4.78 is 1.04. The minimum absolute atomic E-state index is 0.144. The molecule has 1 aromatic rings. The van der Waals surface area contributed by atoms with Crippen molar-refractivity contribution in [2.24, 2.45) is 5.73 Å². The Morgan fingerprint density at radius 1 is 1.39 bits per heavy atom. The second-order valence-corrected chi connectivity index (χ2v) is 5.40. The Morgan fingerprint density at radius 3 is 2.78 bits per heavy atom. The van der Waals surface area contributed by atoms with Gasteiger partial charge in [0.05, 0.1) is 6.54 Å². The molecule has 1 heterocycles. The average molecular weight is 312 g/mol. The number of nitrogens with two attached hydrogens (primary N) is 1. The number of carbonyl (C=O) groups is 1. The van der Waals surface area contributed by atoms with Gasteiger partial charge in [0.2, 0.25) is 5.91 Å². The van der Waals surface area contributed by atoms with E-state index in [1.165, 1.54) is 5.56 Å². The highest BCUT2D eigenvalue weighted by Gasteiger charge is 2.24. The van der Waals surface area contributed by atoms with E-state index in [2.05, 4.69) is 20.8 Å². The van der Waals surface area contributed by atoms with E-state index >= 15 is 0 Å². The average Bonchev–Trinajstić information content (AvgIpc) is 2.34. The molecule has 98 valence electrons. The number of hydrogen-bond donors (Lipinski definition) is 1. The predicted molar refractivity (Wildman–Crippen MR) is 76.7 cm³/mol. The van der Waals surface area contributed by atoms with Crippen molar-refractivity contribution in [2.75, 3.05) is 37.6 Å². The Balaban J connectivity index is 2.10. The van der Waals surface area contributed by atoms with Gasteiger partial charge in [0, 0.05) is 36.3 Å². The fraction of sp³-hybridized carbons (Fsp3) is 0.462. The molecule has 2 N–H and O–H groups in total. The van der Waals surface area contributed by atoms with Gasteiger partial charge in [-0.15, -0.1) is 0 Å². The van der Waals surface area contributed by atoms with Crippen molar-refractivity contribution in [2.45, 2.75) is 6.92 Å². The summed E-state index contributed by atoms with van der Waals surface area (Å²) in [4.78, 5) is 16.0. The lowest BCUT2D eigenvalue weighted by Gasteiger charge is -2.34. The second-order valence-electron chi connectivity index (χ2n) is 4.54. The largest absolute Gasteiger partial charge is 0.329 e. The summed E-state index contributed by atoms with van der Waals surface area (Å²) in [5.41, 5.74) is 7.65. The topological polar surface area (TPSA) is 49.6 Å². The van der Waals surface area contributed by atoms with Crippen LogP contribution in [0.3, 0.4) is 0 Å². The standard InChI is InChI=1S/C13H18BrN3O/c1-10-2-3-11(8-12(10)14)17-7-6-16(5-4-15)9-13(17)18/h2-3,8H,4-7,9,15H2,1H3. The van der Waals surface area contributed by atoms with Crippen molar-refractivity contribution in [3.63, 3.8) is 0 Å². The van der Waals surface area contributed by atoms with Gasteiger partial charge in [0.1, 0.15) is 0 Å². The van der Waals surface area contributed by atoms with Gasteiger partial charge in [-0.25, -0.2) is 0 Å². The Kier molecular flexibility index (Phi) is 4.37. The Morgan fingerprint density at radius 2 is 2.17 bits per heavy atom. The summed E-state index contributed by atoms with van der Waals surface area (Å²) in [6.07, 6.45) is 0. The van der Waals surface area contributed by atoms with Crippen molar-refractivity contribution < 1.29 is 4.79 Å². The lowest BCUT2D eigenvalue weighted by atomic mass is 10.2. The van der Waals surface area contributed by atoms with Gasteiger partial charge in [-0.2, -0.15) is 0 Å². The molecule has 0 radical (unpaired) electrons. The first-order valence-corrected chi connectivity index (χ1v) is 6.90. The number of halogens is 1. The maximum Gasteiger partial charge on any atom is 0.241 e. The van der Waals surface area contributed by atoms with Crippen LogP contribution < -0.4 is 10.6 Å². The summed E-state index contributed by atoms with van der Waals surface area (Å²) in [6, 6.07) is 6.03. The molecule has 0 spiro atoms. The molecule has 0 bridgehead atoms. The number of piperazine rings is 1. The van der Waals surface area contributed by atoms with Crippen molar-refractivity contribution >= 4 is 27.5 Å². The molecule has 1 aliphatic heterocycles. The van der Waals surface area contributed by atoms with Crippen LogP contribution in [0, 0.1) is 6.92 Å². The molecule has 4 nitrogen and oxygen atoms in total. The number of aryl methyl sites for hydroxylation is 1. The van der Waals surface area contributed by atoms with Crippen LogP contribution in [0.1, 0.15) is 5.56 Å². The van der Waals surface area contributed by atoms with Crippen molar-refractivity contribution in [1.29, 1.82) is 0 Å². The quantitative estimate of drug-likeness (QED) is 0.917. The zero-order chi connectivity index (χ0) is 13.1. The first-order valence-electron chi connectivity index (χ1n) is 6.11. The molecule has 1 saturated heterocycles. The molecule has 1 aromatic carbocycles. The van der Waals surface area contributed by atoms with Crippen LogP contribution in [-0.4, -0.2) is 43.5 Å². The number of nitrogens with zero attached hydrogens (tertiary/aromatic N) is 2. The molecule has 0 aromatic heterocycles. The SMILES string of the molecule is Cc1ccc(N2CCN(CCN)CC2=O)cc1Br. The second kappa shape index (κ2) is 5.82. The molecule has 2 rings (SSSR count). The van der Waals surface area contributed by atoms with Crippen molar-refractivity contribution in [3.8, 4) is 0 Å². The first-order chi connectivity index (χ1) is 8.61. The maximum absolute atomic E-state index is 12.1. The van der Waals surface area contributed by atoms with E-state index in [4.69, 9.17) is 5.73 Å². The molecular weight excluding hydrogens is 294 g/mol. The van der Waals surface area contributed by atoms with E-state index in [1.807, 2.05) is 30.0 Å². The number of rotatable bonds is 3. The summed E-state index contributed by atoms with van der Waals surface area (Å²) in [6.45, 7) is 5.50. The van der Waals surface area contributed by atoms with Gasteiger partial charge in [0.25, 0.3) is 0 Å². The number of benzene rings is 1. The van der Waals surface area contributed by atoms with E-state index in [0.29, 0.717) is 13.1 Å². The molecule has 0 aliphatic carbocycles. The number of anilines is 1. The zero-order valence-corrected chi connectivity index (χ0v) is 12.1. The van der Waals surface area contributed by atoms with E-state index < -0.39 is 0 Å². The monoisotopic (exact) mass is 311 g/mol. The molecule has 5 heteroatoms. The Bertz CT molecular complexity index is 450. The van der Waals surface area contributed by atoms with Crippen molar-refractivity contribution in [1.82, 2.24) is 4.90 Å². The van der Waals surface area contributed by atoms with Crippen LogP contribution in [0.25, 0.3) is 0 Å². The fourth-order valence-corrected chi connectivity index (χ4v) is 2.48.